The van der Waals surface area contributed by atoms with Crippen molar-refractivity contribution in [1.82, 2.24) is 19.9 Å². The highest BCUT2D eigenvalue weighted by Gasteiger charge is 2.33. The fourth-order valence-electron chi connectivity index (χ4n) is 5.10. The highest BCUT2D eigenvalue weighted by molar-refractivity contribution is 6.06. The number of ether oxygens (including phenoxy) is 1. The first-order valence-corrected chi connectivity index (χ1v) is 12.5. The van der Waals surface area contributed by atoms with Crippen LogP contribution in [-0.4, -0.2) is 57.0 Å². The van der Waals surface area contributed by atoms with E-state index in [-0.39, 0.29) is 12.0 Å². The zero-order valence-electron chi connectivity index (χ0n) is 21.2. The van der Waals surface area contributed by atoms with E-state index in [1.165, 1.54) is 0 Å². The van der Waals surface area contributed by atoms with E-state index < -0.39 is 5.60 Å². The van der Waals surface area contributed by atoms with Crippen LogP contribution in [0, 0.1) is 6.92 Å². The summed E-state index contributed by atoms with van der Waals surface area (Å²) in [6.07, 6.45) is 5.39. The standard InChI is InChI=1S/C28H30N6O3/c1-17-4-8-23-20(14-31-34(23)15-17)19-6-7-22(26-21(19)13-30-27(26)35)32-25-9-5-18(12-29-25)33-10-11-37-24(16-33)28(2,3)36/h4-9,12,14-15,24,36H,10-11,13,16H2,1-3H3,(H,29,32)(H,30,35). The summed E-state index contributed by atoms with van der Waals surface area (Å²) in [5.41, 5.74) is 6.48. The van der Waals surface area contributed by atoms with Crippen molar-refractivity contribution in [3.8, 4) is 11.1 Å². The molecule has 1 saturated heterocycles. The Morgan fingerprint density at radius 1 is 1.14 bits per heavy atom. The number of morpholine rings is 1. The first-order valence-electron chi connectivity index (χ1n) is 12.5. The molecule has 0 spiro atoms. The van der Waals surface area contributed by atoms with Crippen molar-refractivity contribution in [2.75, 3.05) is 29.9 Å². The minimum Gasteiger partial charge on any atom is -0.388 e. The van der Waals surface area contributed by atoms with Crippen LogP contribution in [0.2, 0.25) is 0 Å². The van der Waals surface area contributed by atoms with Crippen LogP contribution in [0.15, 0.2) is 55.0 Å². The van der Waals surface area contributed by atoms with Crippen LogP contribution in [0.4, 0.5) is 17.2 Å². The van der Waals surface area contributed by atoms with Gasteiger partial charge in [-0.25, -0.2) is 9.50 Å². The molecule has 3 N–H and O–H groups in total. The van der Waals surface area contributed by atoms with Gasteiger partial charge in [-0.3, -0.25) is 4.79 Å². The van der Waals surface area contributed by atoms with Gasteiger partial charge in [0.1, 0.15) is 11.9 Å². The van der Waals surface area contributed by atoms with Gasteiger partial charge in [0.25, 0.3) is 5.91 Å². The van der Waals surface area contributed by atoms with Crippen molar-refractivity contribution >= 4 is 28.6 Å². The van der Waals surface area contributed by atoms with Crippen LogP contribution in [0.3, 0.4) is 0 Å². The summed E-state index contributed by atoms with van der Waals surface area (Å²) in [6.45, 7) is 7.92. The smallest absolute Gasteiger partial charge is 0.254 e. The van der Waals surface area contributed by atoms with Crippen molar-refractivity contribution in [3.05, 3.63) is 71.7 Å². The van der Waals surface area contributed by atoms with Crippen LogP contribution >= 0.6 is 0 Å². The lowest BCUT2D eigenvalue weighted by Gasteiger charge is -2.39. The highest BCUT2D eigenvalue weighted by Crippen LogP contribution is 2.37. The second-order valence-electron chi connectivity index (χ2n) is 10.3. The molecular weight excluding hydrogens is 468 g/mol. The summed E-state index contributed by atoms with van der Waals surface area (Å²) in [5.74, 6) is 0.548. The molecule has 4 aromatic rings. The molecule has 0 bridgehead atoms. The maximum Gasteiger partial charge on any atom is 0.254 e. The average molecular weight is 499 g/mol. The van der Waals surface area contributed by atoms with E-state index in [1.807, 2.05) is 54.3 Å². The molecule has 3 aromatic heterocycles. The Kier molecular flexibility index (Phi) is 5.62. The van der Waals surface area contributed by atoms with Crippen LogP contribution in [0.5, 0.6) is 0 Å². The summed E-state index contributed by atoms with van der Waals surface area (Å²) in [5, 5.41) is 21.2. The van der Waals surface area contributed by atoms with Crippen molar-refractivity contribution < 1.29 is 14.6 Å². The number of anilines is 3. The summed E-state index contributed by atoms with van der Waals surface area (Å²) < 4.78 is 7.62. The zero-order valence-corrected chi connectivity index (χ0v) is 21.2. The summed E-state index contributed by atoms with van der Waals surface area (Å²) in [7, 11) is 0. The Bertz CT molecular complexity index is 1490. The first kappa shape index (κ1) is 23.4. The monoisotopic (exact) mass is 498 g/mol. The van der Waals surface area contributed by atoms with E-state index in [1.54, 1.807) is 13.8 Å². The van der Waals surface area contributed by atoms with Gasteiger partial charge in [0.2, 0.25) is 0 Å². The second-order valence-corrected chi connectivity index (χ2v) is 10.3. The number of nitrogens with one attached hydrogen (secondary N) is 2. The van der Waals surface area contributed by atoms with Gasteiger partial charge < -0.3 is 25.4 Å². The molecule has 190 valence electrons. The number of carbonyl (C=O) groups is 1. The predicted molar refractivity (Wildman–Crippen MR) is 142 cm³/mol. The van der Waals surface area contributed by atoms with Gasteiger partial charge in [-0.2, -0.15) is 5.10 Å². The molecule has 0 radical (unpaired) electrons. The molecular formula is C28H30N6O3. The number of aryl methyl sites for hydroxylation is 1. The van der Waals surface area contributed by atoms with Gasteiger partial charge in [0.15, 0.2) is 0 Å². The molecule has 37 heavy (non-hydrogen) atoms. The lowest BCUT2D eigenvalue weighted by molar-refractivity contribution is -0.0928. The maximum atomic E-state index is 12.8. The number of hydrogen-bond donors (Lipinski definition) is 3. The van der Waals surface area contributed by atoms with Crippen LogP contribution < -0.4 is 15.5 Å². The molecule has 2 aliphatic rings. The zero-order chi connectivity index (χ0) is 25.7. The number of amides is 1. The van der Waals surface area contributed by atoms with Crippen LogP contribution in [0.1, 0.15) is 35.3 Å². The molecule has 1 atom stereocenters. The number of pyridine rings is 2. The van der Waals surface area contributed by atoms with E-state index in [2.05, 4.69) is 37.7 Å². The molecule has 0 aliphatic carbocycles. The minimum absolute atomic E-state index is 0.103. The first-order chi connectivity index (χ1) is 17.8. The summed E-state index contributed by atoms with van der Waals surface area (Å²) in [6, 6.07) is 12.0. The number of hydrogen-bond acceptors (Lipinski definition) is 7. The number of benzene rings is 1. The Balaban J connectivity index is 1.27. The van der Waals surface area contributed by atoms with E-state index in [9.17, 15) is 9.90 Å². The number of rotatable bonds is 5. The number of aliphatic hydroxyl groups is 1. The SMILES string of the molecule is Cc1ccc2c(-c3ccc(Nc4ccc(N5CCOC(C(C)(C)O)C5)cn4)c4c3CNC4=O)cnn2c1. The molecule has 2 aliphatic heterocycles. The molecule has 1 fully saturated rings. The number of nitrogens with zero attached hydrogens (tertiary/aromatic N) is 4. The van der Waals surface area contributed by atoms with Crippen molar-refractivity contribution in [3.63, 3.8) is 0 Å². The molecule has 9 heteroatoms. The Labute approximate surface area is 215 Å². The fraction of sp³-hybridized carbons (Fsp3) is 0.321. The maximum absolute atomic E-state index is 12.8. The largest absolute Gasteiger partial charge is 0.388 e. The van der Waals surface area contributed by atoms with E-state index in [0.29, 0.717) is 31.1 Å². The predicted octanol–water partition coefficient (Wildman–Crippen LogP) is 3.67. The normalized spacial score (nSPS) is 17.7. The second kappa shape index (κ2) is 8.86. The molecule has 9 nitrogen and oxygen atoms in total. The molecule has 0 saturated carbocycles. The van der Waals surface area contributed by atoms with E-state index in [0.717, 1.165) is 45.7 Å². The lowest BCUT2D eigenvalue weighted by Crippen LogP contribution is -2.52. The van der Waals surface area contributed by atoms with Gasteiger partial charge in [-0.15, -0.1) is 0 Å². The minimum atomic E-state index is -0.914. The van der Waals surface area contributed by atoms with Gasteiger partial charge in [-0.1, -0.05) is 12.1 Å². The molecule has 1 amide bonds. The van der Waals surface area contributed by atoms with Crippen molar-refractivity contribution in [2.24, 2.45) is 0 Å². The van der Waals surface area contributed by atoms with Crippen molar-refractivity contribution in [1.29, 1.82) is 0 Å². The molecule has 1 unspecified atom stereocenters. The van der Waals surface area contributed by atoms with Crippen molar-refractivity contribution in [2.45, 2.75) is 39.0 Å². The van der Waals surface area contributed by atoms with Gasteiger partial charge >= 0.3 is 0 Å². The Hall–Kier alpha value is -3.95. The fourth-order valence-corrected chi connectivity index (χ4v) is 5.10. The van der Waals surface area contributed by atoms with Crippen LogP contribution in [-0.2, 0) is 11.3 Å². The van der Waals surface area contributed by atoms with Crippen LogP contribution in [0.25, 0.3) is 16.6 Å². The van der Waals surface area contributed by atoms with Gasteiger partial charge in [-0.05, 0) is 61.7 Å². The highest BCUT2D eigenvalue weighted by atomic mass is 16.5. The molecule has 5 heterocycles. The average Bonchev–Trinajstić information content (AvgIpc) is 3.48. The summed E-state index contributed by atoms with van der Waals surface area (Å²) >= 11 is 0. The third kappa shape index (κ3) is 4.30. The van der Waals surface area contributed by atoms with E-state index in [4.69, 9.17) is 4.74 Å². The third-order valence-electron chi connectivity index (χ3n) is 7.15. The number of aromatic nitrogens is 3. The third-order valence-corrected chi connectivity index (χ3v) is 7.15. The molecule has 6 rings (SSSR count). The quantitative estimate of drug-likeness (QED) is 0.386. The number of carbonyl (C=O) groups excluding carboxylic acids is 1. The van der Waals surface area contributed by atoms with E-state index >= 15 is 0 Å². The lowest BCUT2D eigenvalue weighted by atomic mass is 9.96. The Morgan fingerprint density at radius 3 is 2.78 bits per heavy atom. The topological polar surface area (TPSA) is 104 Å². The molecule has 1 aromatic carbocycles. The Morgan fingerprint density at radius 2 is 2.00 bits per heavy atom. The number of fused-ring (bicyclic) bond motifs is 2. The van der Waals surface area contributed by atoms with Gasteiger partial charge in [0, 0.05) is 31.4 Å². The van der Waals surface area contributed by atoms with Gasteiger partial charge in [0.05, 0.1) is 47.1 Å². The summed E-state index contributed by atoms with van der Waals surface area (Å²) in [4.78, 5) is 19.6.